The Morgan fingerprint density at radius 1 is 1.48 bits per heavy atom. The van der Waals surface area contributed by atoms with Crippen LogP contribution in [0.1, 0.15) is 12.8 Å². The summed E-state index contributed by atoms with van der Waals surface area (Å²) in [4.78, 5) is 28.1. The standard InChI is InChI=1S/C13H18N4O4/c1-21-10-8-9(2-5-15-10)16-13(11(14)18)3-6-17(7-4-13)12(19)20/h2,5,8H,3-4,6-7H2,1H3,(H2,14,18)(H,15,16)(H,19,20). The Balaban J connectivity index is 2.16. The molecule has 2 heterocycles. The van der Waals surface area contributed by atoms with Crippen molar-refractivity contribution in [2.24, 2.45) is 5.73 Å². The molecule has 1 fully saturated rings. The highest BCUT2D eigenvalue weighted by molar-refractivity contribution is 5.88. The Morgan fingerprint density at radius 3 is 2.67 bits per heavy atom. The lowest BCUT2D eigenvalue weighted by Gasteiger charge is -2.39. The number of carbonyl (C=O) groups is 2. The number of ether oxygens (including phenoxy) is 1. The van der Waals surface area contributed by atoms with Crippen LogP contribution in [0.4, 0.5) is 10.5 Å². The van der Waals surface area contributed by atoms with Crippen molar-refractivity contribution in [2.75, 3.05) is 25.5 Å². The summed E-state index contributed by atoms with van der Waals surface area (Å²) >= 11 is 0. The minimum atomic E-state index is -0.987. The molecule has 2 rings (SSSR count). The molecule has 1 aliphatic rings. The van der Waals surface area contributed by atoms with Gasteiger partial charge in [-0.3, -0.25) is 4.79 Å². The fourth-order valence-electron chi connectivity index (χ4n) is 2.39. The quantitative estimate of drug-likeness (QED) is 0.744. The molecule has 0 unspecified atom stereocenters. The number of pyridine rings is 1. The van der Waals surface area contributed by atoms with Crippen molar-refractivity contribution in [3.63, 3.8) is 0 Å². The Bertz CT molecular complexity index is 541. The van der Waals surface area contributed by atoms with E-state index in [1.165, 1.54) is 12.0 Å². The van der Waals surface area contributed by atoms with Gasteiger partial charge in [-0.1, -0.05) is 0 Å². The Morgan fingerprint density at radius 2 is 2.14 bits per heavy atom. The minimum Gasteiger partial charge on any atom is -0.481 e. The van der Waals surface area contributed by atoms with Crippen LogP contribution >= 0.6 is 0 Å². The van der Waals surface area contributed by atoms with E-state index < -0.39 is 17.5 Å². The monoisotopic (exact) mass is 294 g/mol. The first-order chi connectivity index (χ1) is 9.97. The van der Waals surface area contributed by atoms with E-state index in [1.807, 2.05) is 0 Å². The van der Waals surface area contributed by atoms with Gasteiger partial charge in [-0.25, -0.2) is 9.78 Å². The predicted octanol–water partition coefficient (Wildman–Crippen LogP) is 0.500. The first-order valence-corrected chi connectivity index (χ1v) is 6.53. The van der Waals surface area contributed by atoms with Crippen LogP contribution in [-0.2, 0) is 4.79 Å². The number of aromatic nitrogens is 1. The molecular formula is C13H18N4O4. The molecule has 2 amide bonds. The van der Waals surface area contributed by atoms with Gasteiger partial charge in [0, 0.05) is 31.0 Å². The van der Waals surface area contributed by atoms with Gasteiger partial charge in [0.2, 0.25) is 11.8 Å². The van der Waals surface area contributed by atoms with Crippen LogP contribution < -0.4 is 15.8 Å². The second-order valence-electron chi connectivity index (χ2n) is 4.93. The van der Waals surface area contributed by atoms with Gasteiger partial charge in [0.05, 0.1) is 7.11 Å². The zero-order valence-corrected chi connectivity index (χ0v) is 11.7. The number of piperidine rings is 1. The number of likely N-dealkylation sites (tertiary alicyclic amines) is 1. The summed E-state index contributed by atoms with van der Waals surface area (Å²) in [6, 6.07) is 3.37. The molecule has 0 radical (unpaired) electrons. The summed E-state index contributed by atoms with van der Waals surface area (Å²) in [7, 11) is 1.50. The lowest BCUT2D eigenvalue weighted by atomic mass is 9.86. The molecule has 114 valence electrons. The summed E-state index contributed by atoms with van der Waals surface area (Å²) in [5, 5.41) is 12.1. The van der Waals surface area contributed by atoms with E-state index in [-0.39, 0.29) is 13.1 Å². The number of rotatable bonds is 4. The molecule has 1 aliphatic heterocycles. The van der Waals surface area contributed by atoms with Crippen LogP contribution in [0, 0.1) is 0 Å². The van der Waals surface area contributed by atoms with Gasteiger partial charge in [-0.15, -0.1) is 0 Å². The largest absolute Gasteiger partial charge is 0.481 e. The highest BCUT2D eigenvalue weighted by Gasteiger charge is 2.41. The summed E-state index contributed by atoms with van der Waals surface area (Å²) in [5.41, 5.74) is 5.22. The summed E-state index contributed by atoms with van der Waals surface area (Å²) in [6.45, 7) is 0.515. The zero-order valence-electron chi connectivity index (χ0n) is 11.7. The molecule has 0 atom stereocenters. The fourth-order valence-corrected chi connectivity index (χ4v) is 2.39. The highest BCUT2D eigenvalue weighted by Crippen LogP contribution is 2.28. The first kappa shape index (κ1) is 14.9. The smallest absolute Gasteiger partial charge is 0.407 e. The summed E-state index contributed by atoms with van der Waals surface area (Å²) in [5.74, 6) is -0.0779. The Kier molecular flexibility index (Phi) is 4.15. The van der Waals surface area contributed by atoms with Gasteiger partial charge in [0.25, 0.3) is 0 Å². The maximum Gasteiger partial charge on any atom is 0.407 e. The molecule has 1 aromatic heterocycles. The van der Waals surface area contributed by atoms with E-state index in [2.05, 4.69) is 10.3 Å². The average molecular weight is 294 g/mol. The van der Waals surface area contributed by atoms with E-state index in [1.54, 1.807) is 18.3 Å². The molecule has 0 aliphatic carbocycles. The highest BCUT2D eigenvalue weighted by atomic mass is 16.5. The minimum absolute atomic E-state index is 0.257. The van der Waals surface area contributed by atoms with E-state index in [4.69, 9.17) is 15.6 Å². The number of amides is 2. The van der Waals surface area contributed by atoms with Crippen molar-refractivity contribution in [1.29, 1.82) is 0 Å². The number of methoxy groups -OCH3 is 1. The molecule has 0 aromatic carbocycles. The van der Waals surface area contributed by atoms with Crippen molar-refractivity contribution in [3.05, 3.63) is 18.3 Å². The van der Waals surface area contributed by atoms with E-state index in [0.29, 0.717) is 24.4 Å². The molecule has 8 nitrogen and oxygen atoms in total. The number of nitrogens with zero attached hydrogens (tertiary/aromatic N) is 2. The van der Waals surface area contributed by atoms with Gasteiger partial charge in [0.15, 0.2) is 0 Å². The molecule has 0 saturated carbocycles. The predicted molar refractivity (Wildman–Crippen MR) is 75.2 cm³/mol. The molecule has 8 heteroatoms. The topological polar surface area (TPSA) is 118 Å². The lowest BCUT2D eigenvalue weighted by molar-refractivity contribution is -0.123. The van der Waals surface area contributed by atoms with Crippen molar-refractivity contribution >= 4 is 17.7 Å². The van der Waals surface area contributed by atoms with Crippen molar-refractivity contribution in [3.8, 4) is 5.88 Å². The molecule has 4 N–H and O–H groups in total. The van der Waals surface area contributed by atoms with E-state index in [0.717, 1.165) is 0 Å². The molecule has 0 spiro atoms. The lowest BCUT2D eigenvalue weighted by Crippen LogP contribution is -2.57. The number of carbonyl (C=O) groups excluding carboxylic acids is 1. The van der Waals surface area contributed by atoms with Gasteiger partial charge < -0.3 is 25.8 Å². The van der Waals surface area contributed by atoms with E-state index >= 15 is 0 Å². The second-order valence-corrected chi connectivity index (χ2v) is 4.93. The number of nitrogens with two attached hydrogens (primary N) is 1. The molecular weight excluding hydrogens is 276 g/mol. The Hall–Kier alpha value is -2.51. The van der Waals surface area contributed by atoms with E-state index in [9.17, 15) is 9.59 Å². The normalized spacial score (nSPS) is 17.1. The van der Waals surface area contributed by atoms with Crippen molar-refractivity contribution in [2.45, 2.75) is 18.4 Å². The number of nitrogens with one attached hydrogen (secondary N) is 1. The van der Waals surface area contributed by atoms with Crippen LogP contribution in [0.3, 0.4) is 0 Å². The molecule has 1 aromatic rings. The van der Waals surface area contributed by atoms with Gasteiger partial charge in [-0.05, 0) is 18.9 Å². The molecule has 0 bridgehead atoms. The van der Waals surface area contributed by atoms with Crippen LogP contribution in [0.25, 0.3) is 0 Å². The molecule has 1 saturated heterocycles. The first-order valence-electron chi connectivity index (χ1n) is 6.53. The van der Waals surface area contributed by atoms with Crippen LogP contribution in [0.2, 0.25) is 0 Å². The number of hydrogen-bond acceptors (Lipinski definition) is 5. The summed E-state index contributed by atoms with van der Waals surface area (Å²) < 4.78 is 5.03. The maximum absolute atomic E-state index is 11.9. The second kappa shape index (κ2) is 5.86. The number of carboxylic acid groups (broad SMARTS) is 1. The van der Waals surface area contributed by atoms with Crippen molar-refractivity contribution in [1.82, 2.24) is 9.88 Å². The third-order valence-corrected chi connectivity index (χ3v) is 3.69. The van der Waals surface area contributed by atoms with Crippen LogP contribution in [-0.4, -0.2) is 52.7 Å². The van der Waals surface area contributed by atoms with Gasteiger partial charge in [-0.2, -0.15) is 0 Å². The molecule has 21 heavy (non-hydrogen) atoms. The Labute approximate surface area is 121 Å². The number of primary amides is 1. The maximum atomic E-state index is 11.9. The fraction of sp³-hybridized carbons (Fsp3) is 0.462. The SMILES string of the molecule is COc1cc(NC2(C(N)=O)CCN(C(=O)O)CC2)ccn1. The third kappa shape index (κ3) is 3.15. The van der Waals surface area contributed by atoms with Gasteiger partial charge >= 0.3 is 6.09 Å². The average Bonchev–Trinajstić information content (AvgIpc) is 2.47. The zero-order chi connectivity index (χ0) is 15.5. The number of anilines is 1. The third-order valence-electron chi connectivity index (χ3n) is 3.69. The van der Waals surface area contributed by atoms with Crippen LogP contribution in [0.15, 0.2) is 18.3 Å². The summed E-state index contributed by atoms with van der Waals surface area (Å²) in [6.07, 6.45) is 1.21. The number of hydrogen-bond donors (Lipinski definition) is 3. The van der Waals surface area contributed by atoms with Gasteiger partial charge in [0.1, 0.15) is 5.54 Å². The van der Waals surface area contributed by atoms with Crippen LogP contribution in [0.5, 0.6) is 5.88 Å². The van der Waals surface area contributed by atoms with Crippen molar-refractivity contribution < 1.29 is 19.4 Å².